The van der Waals surface area contributed by atoms with Crippen LogP contribution in [0.4, 0.5) is 0 Å². The molecule has 0 aliphatic carbocycles. The van der Waals surface area contributed by atoms with E-state index < -0.39 is 5.97 Å². The molecular formula is C16H19BrN4O3. The fraction of sp³-hybridized carbons (Fsp3) is 0.438. The van der Waals surface area contributed by atoms with Gasteiger partial charge >= 0.3 is 5.97 Å². The number of carbonyl (C=O) groups excluding carboxylic acids is 1. The van der Waals surface area contributed by atoms with Crippen LogP contribution >= 0.6 is 15.9 Å². The van der Waals surface area contributed by atoms with Gasteiger partial charge in [-0.2, -0.15) is 5.10 Å². The number of H-pyrrole nitrogens is 1. The Labute approximate surface area is 147 Å². The minimum absolute atomic E-state index is 0.0905. The van der Waals surface area contributed by atoms with Crippen LogP contribution in [-0.2, 0) is 4.79 Å². The Morgan fingerprint density at radius 2 is 2.12 bits per heavy atom. The van der Waals surface area contributed by atoms with Crippen molar-refractivity contribution in [3.05, 3.63) is 28.4 Å². The summed E-state index contributed by atoms with van der Waals surface area (Å²) in [4.78, 5) is 25.0. The Hall–Kier alpha value is -1.93. The van der Waals surface area contributed by atoms with Crippen LogP contribution < -0.4 is 5.32 Å². The molecular weight excluding hydrogens is 376 g/mol. The van der Waals surface area contributed by atoms with Crippen LogP contribution in [0.1, 0.15) is 23.3 Å². The maximum absolute atomic E-state index is 12.4. The number of nitrogens with zero attached hydrogens (tertiary/aromatic N) is 2. The van der Waals surface area contributed by atoms with Gasteiger partial charge in [0.1, 0.15) is 0 Å². The van der Waals surface area contributed by atoms with Crippen molar-refractivity contribution in [2.45, 2.75) is 12.8 Å². The van der Waals surface area contributed by atoms with Gasteiger partial charge in [0.25, 0.3) is 5.91 Å². The third-order valence-electron chi connectivity index (χ3n) is 4.36. The molecule has 1 aliphatic heterocycles. The van der Waals surface area contributed by atoms with Gasteiger partial charge in [-0.25, -0.2) is 0 Å². The van der Waals surface area contributed by atoms with Gasteiger partial charge in [-0.05, 0) is 50.0 Å². The summed E-state index contributed by atoms with van der Waals surface area (Å²) < 4.78 is 0.899. The molecule has 1 amide bonds. The molecule has 0 radical (unpaired) electrons. The van der Waals surface area contributed by atoms with E-state index in [1.165, 1.54) is 0 Å². The Morgan fingerprint density at radius 3 is 2.83 bits per heavy atom. The number of carboxylic acid groups (broad SMARTS) is 1. The molecule has 2 heterocycles. The van der Waals surface area contributed by atoms with Crippen molar-refractivity contribution in [3.8, 4) is 0 Å². The van der Waals surface area contributed by atoms with E-state index in [0.717, 1.165) is 41.3 Å². The number of benzene rings is 1. The molecule has 1 aliphatic rings. The largest absolute Gasteiger partial charge is 0.480 e. The average Bonchev–Trinajstić information content (AvgIpc) is 2.96. The van der Waals surface area contributed by atoms with Crippen molar-refractivity contribution in [3.63, 3.8) is 0 Å². The molecule has 7 nitrogen and oxygen atoms in total. The quantitative estimate of drug-likeness (QED) is 0.718. The highest BCUT2D eigenvalue weighted by molar-refractivity contribution is 9.10. The molecule has 1 fully saturated rings. The molecule has 1 saturated heterocycles. The Bertz CT molecular complexity index is 753. The summed E-state index contributed by atoms with van der Waals surface area (Å²) in [5, 5.41) is 19.5. The summed E-state index contributed by atoms with van der Waals surface area (Å²) in [6, 6.07) is 5.65. The topological polar surface area (TPSA) is 98.3 Å². The van der Waals surface area contributed by atoms with E-state index >= 15 is 0 Å². The second kappa shape index (κ2) is 7.31. The molecule has 0 unspecified atom stereocenters. The molecule has 1 aromatic carbocycles. The number of amides is 1. The van der Waals surface area contributed by atoms with E-state index in [4.69, 9.17) is 5.11 Å². The number of hydrogen-bond acceptors (Lipinski definition) is 4. The SMILES string of the molecule is O=C(O)CN1CCC(CNC(=O)c2n[nH]c3ccc(Br)cc23)CC1. The van der Waals surface area contributed by atoms with Crippen molar-refractivity contribution in [2.75, 3.05) is 26.2 Å². The van der Waals surface area contributed by atoms with Gasteiger partial charge < -0.3 is 10.4 Å². The number of carbonyl (C=O) groups is 2. The highest BCUT2D eigenvalue weighted by atomic mass is 79.9. The Balaban J connectivity index is 1.54. The van der Waals surface area contributed by atoms with Crippen molar-refractivity contribution >= 4 is 38.7 Å². The second-order valence-electron chi connectivity index (χ2n) is 6.09. The lowest BCUT2D eigenvalue weighted by Gasteiger charge is -2.30. The number of hydrogen-bond donors (Lipinski definition) is 3. The molecule has 0 saturated carbocycles. The Morgan fingerprint density at radius 1 is 1.38 bits per heavy atom. The van der Waals surface area contributed by atoms with Gasteiger partial charge in [0, 0.05) is 16.4 Å². The summed E-state index contributed by atoms with van der Waals surface area (Å²) in [6.07, 6.45) is 1.78. The lowest BCUT2D eigenvalue weighted by molar-refractivity contribution is -0.138. The molecule has 24 heavy (non-hydrogen) atoms. The number of aliphatic carboxylic acids is 1. The van der Waals surface area contributed by atoms with Crippen molar-refractivity contribution in [2.24, 2.45) is 5.92 Å². The lowest BCUT2D eigenvalue weighted by Crippen LogP contribution is -2.40. The van der Waals surface area contributed by atoms with Crippen LogP contribution in [0, 0.1) is 5.92 Å². The van der Waals surface area contributed by atoms with Crippen LogP contribution in [0.2, 0.25) is 0 Å². The third-order valence-corrected chi connectivity index (χ3v) is 4.85. The fourth-order valence-corrected chi connectivity index (χ4v) is 3.38. The van der Waals surface area contributed by atoms with Gasteiger partial charge in [0.2, 0.25) is 0 Å². The number of carboxylic acids is 1. The van der Waals surface area contributed by atoms with Crippen molar-refractivity contribution in [1.29, 1.82) is 0 Å². The first-order chi connectivity index (χ1) is 11.5. The average molecular weight is 395 g/mol. The van der Waals surface area contributed by atoms with E-state index in [-0.39, 0.29) is 12.5 Å². The molecule has 8 heteroatoms. The summed E-state index contributed by atoms with van der Waals surface area (Å²) >= 11 is 3.40. The number of halogens is 1. The number of aromatic nitrogens is 2. The van der Waals surface area contributed by atoms with Crippen LogP contribution in [-0.4, -0.2) is 58.3 Å². The van der Waals surface area contributed by atoms with Gasteiger partial charge in [-0.15, -0.1) is 0 Å². The molecule has 0 bridgehead atoms. The van der Waals surface area contributed by atoms with E-state index in [1.807, 2.05) is 23.1 Å². The van der Waals surface area contributed by atoms with Crippen LogP contribution in [0.5, 0.6) is 0 Å². The lowest BCUT2D eigenvalue weighted by atomic mass is 9.96. The van der Waals surface area contributed by atoms with Crippen molar-refractivity contribution < 1.29 is 14.7 Å². The minimum Gasteiger partial charge on any atom is -0.480 e. The smallest absolute Gasteiger partial charge is 0.317 e. The highest BCUT2D eigenvalue weighted by Crippen LogP contribution is 2.21. The van der Waals surface area contributed by atoms with Gasteiger partial charge in [0.15, 0.2) is 5.69 Å². The number of piperidine rings is 1. The summed E-state index contributed by atoms with van der Waals surface area (Å²) in [6.45, 7) is 2.19. The van der Waals surface area contributed by atoms with Gasteiger partial charge in [-0.3, -0.25) is 19.6 Å². The zero-order valence-electron chi connectivity index (χ0n) is 13.1. The summed E-state index contributed by atoms with van der Waals surface area (Å²) in [7, 11) is 0. The Kier molecular flexibility index (Phi) is 5.15. The monoisotopic (exact) mass is 394 g/mol. The molecule has 0 atom stereocenters. The van der Waals surface area contributed by atoms with E-state index in [9.17, 15) is 9.59 Å². The van der Waals surface area contributed by atoms with Gasteiger partial charge in [0.05, 0.1) is 12.1 Å². The number of aromatic amines is 1. The first kappa shape index (κ1) is 16.9. The second-order valence-corrected chi connectivity index (χ2v) is 7.00. The highest BCUT2D eigenvalue weighted by Gasteiger charge is 2.22. The van der Waals surface area contributed by atoms with Crippen LogP contribution in [0.3, 0.4) is 0 Å². The van der Waals surface area contributed by atoms with Crippen molar-refractivity contribution in [1.82, 2.24) is 20.4 Å². The number of likely N-dealkylation sites (tertiary alicyclic amines) is 1. The van der Waals surface area contributed by atoms with E-state index in [2.05, 4.69) is 31.4 Å². The zero-order valence-corrected chi connectivity index (χ0v) is 14.7. The molecule has 3 N–H and O–H groups in total. The molecule has 128 valence electrons. The summed E-state index contributed by atoms with van der Waals surface area (Å²) in [5.74, 6) is -0.610. The number of rotatable bonds is 5. The third kappa shape index (κ3) is 3.93. The van der Waals surface area contributed by atoms with Gasteiger partial charge in [-0.1, -0.05) is 15.9 Å². The standard InChI is InChI=1S/C16H19BrN4O3/c17-11-1-2-13-12(7-11)15(20-19-13)16(24)18-8-10-3-5-21(6-4-10)9-14(22)23/h1-2,7,10H,3-6,8-9H2,(H,18,24)(H,19,20)(H,22,23). The van der Waals surface area contributed by atoms with Crippen LogP contribution in [0.15, 0.2) is 22.7 Å². The normalized spacial score (nSPS) is 16.4. The minimum atomic E-state index is -0.793. The number of nitrogens with one attached hydrogen (secondary N) is 2. The van der Waals surface area contributed by atoms with E-state index in [0.29, 0.717) is 18.2 Å². The molecule has 2 aromatic rings. The van der Waals surface area contributed by atoms with E-state index in [1.54, 1.807) is 0 Å². The summed E-state index contributed by atoms with van der Waals surface area (Å²) in [5.41, 5.74) is 1.22. The predicted octanol–water partition coefficient (Wildman–Crippen LogP) is 1.85. The molecule has 3 rings (SSSR count). The predicted molar refractivity (Wildman–Crippen MR) is 92.9 cm³/mol. The first-order valence-electron chi connectivity index (χ1n) is 7.89. The maximum Gasteiger partial charge on any atom is 0.317 e. The first-order valence-corrected chi connectivity index (χ1v) is 8.68. The van der Waals surface area contributed by atoms with Crippen LogP contribution in [0.25, 0.3) is 10.9 Å². The number of fused-ring (bicyclic) bond motifs is 1. The zero-order chi connectivity index (χ0) is 17.1. The molecule has 0 spiro atoms. The maximum atomic E-state index is 12.4. The molecule has 1 aromatic heterocycles. The fourth-order valence-electron chi connectivity index (χ4n) is 3.02.